The minimum Gasteiger partial charge on any atom is -0.495 e. The average molecular weight is 374 g/mol. The van der Waals surface area contributed by atoms with Crippen molar-refractivity contribution in [1.82, 2.24) is 4.57 Å². The van der Waals surface area contributed by atoms with Crippen molar-refractivity contribution in [1.29, 1.82) is 0 Å². The number of fused-ring (bicyclic) bond motifs is 1. The van der Waals surface area contributed by atoms with Gasteiger partial charge in [0, 0.05) is 16.5 Å². The van der Waals surface area contributed by atoms with E-state index in [2.05, 4.69) is 0 Å². The van der Waals surface area contributed by atoms with Gasteiger partial charge < -0.3 is 4.74 Å². The molecule has 0 amide bonds. The summed E-state index contributed by atoms with van der Waals surface area (Å²) in [6.45, 7) is 1.69. The predicted molar refractivity (Wildman–Crippen MR) is 87.3 cm³/mol. The van der Waals surface area contributed by atoms with E-state index in [9.17, 15) is 18.0 Å². The zero-order chi connectivity index (χ0) is 17.6. The number of hydrogen-bond donors (Lipinski definition) is 0. The number of ether oxygens (including phenoxy) is 1. The van der Waals surface area contributed by atoms with Gasteiger partial charge in [-0.1, -0.05) is 11.6 Å². The van der Waals surface area contributed by atoms with Crippen LogP contribution in [0.25, 0.3) is 10.9 Å². The van der Waals surface area contributed by atoms with Crippen LogP contribution in [0.1, 0.15) is 20.9 Å². The number of thiophene rings is 1. The molecule has 0 saturated heterocycles. The van der Waals surface area contributed by atoms with E-state index in [1.165, 1.54) is 17.1 Å². The van der Waals surface area contributed by atoms with Crippen LogP contribution in [0.2, 0.25) is 5.02 Å². The normalized spacial score (nSPS) is 11.9. The first-order valence-electron chi connectivity index (χ1n) is 6.79. The van der Waals surface area contributed by atoms with Crippen molar-refractivity contribution in [2.24, 2.45) is 0 Å². The predicted octanol–water partition coefficient (Wildman–Crippen LogP) is 5.38. The summed E-state index contributed by atoms with van der Waals surface area (Å²) in [4.78, 5) is 11.9. The van der Waals surface area contributed by atoms with Crippen LogP contribution >= 0.6 is 22.9 Å². The summed E-state index contributed by atoms with van der Waals surface area (Å²) >= 11 is 6.74. The third kappa shape index (κ3) is 2.67. The molecule has 0 saturated carbocycles. The van der Waals surface area contributed by atoms with Crippen molar-refractivity contribution in [2.45, 2.75) is 13.1 Å². The van der Waals surface area contributed by atoms with E-state index in [4.69, 9.17) is 16.3 Å². The molecular weight excluding hydrogens is 363 g/mol. The van der Waals surface area contributed by atoms with Crippen molar-refractivity contribution >= 4 is 39.7 Å². The molecule has 1 aromatic carbocycles. The summed E-state index contributed by atoms with van der Waals surface area (Å²) in [7, 11) is 1.48. The first-order chi connectivity index (χ1) is 11.2. The van der Waals surface area contributed by atoms with Crippen molar-refractivity contribution < 1.29 is 22.7 Å². The Morgan fingerprint density at radius 1 is 1.29 bits per heavy atom. The van der Waals surface area contributed by atoms with E-state index in [1.807, 2.05) is 0 Å². The van der Waals surface area contributed by atoms with E-state index in [-0.39, 0.29) is 5.56 Å². The van der Waals surface area contributed by atoms with E-state index in [0.717, 1.165) is 6.07 Å². The summed E-state index contributed by atoms with van der Waals surface area (Å²) in [5.74, 6) is -0.0702. The Morgan fingerprint density at radius 2 is 2.00 bits per heavy atom. The molecule has 2 heterocycles. The summed E-state index contributed by atoms with van der Waals surface area (Å²) in [5, 5.41) is 2.17. The Kier molecular flexibility index (Phi) is 4.09. The lowest BCUT2D eigenvalue weighted by Crippen LogP contribution is -2.12. The molecule has 0 radical (unpaired) electrons. The minimum absolute atomic E-state index is 0.0140. The zero-order valence-corrected chi connectivity index (χ0v) is 14.1. The van der Waals surface area contributed by atoms with Crippen LogP contribution < -0.4 is 4.74 Å². The lowest BCUT2D eigenvalue weighted by atomic mass is 10.2. The number of rotatable bonds is 2. The fourth-order valence-electron chi connectivity index (χ4n) is 2.51. The lowest BCUT2D eigenvalue weighted by molar-refractivity contribution is -0.134. The highest BCUT2D eigenvalue weighted by Gasteiger charge is 2.33. The molecule has 0 bridgehead atoms. The van der Waals surface area contributed by atoms with Crippen LogP contribution in [0.4, 0.5) is 13.2 Å². The van der Waals surface area contributed by atoms with Gasteiger partial charge >= 0.3 is 6.18 Å². The van der Waals surface area contributed by atoms with Gasteiger partial charge in [-0.3, -0.25) is 9.36 Å². The maximum atomic E-state index is 12.7. The second-order valence-corrected chi connectivity index (χ2v) is 6.43. The summed E-state index contributed by atoms with van der Waals surface area (Å²) in [5.41, 5.74) is 1.08. The third-order valence-corrected chi connectivity index (χ3v) is 4.98. The van der Waals surface area contributed by atoms with Crippen molar-refractivity contribution in [3.05, 3.63) is 50.8 Å². The smallest absolute Gasteiger partial charge is 0.425 e. The largest absolute Gasteiger partial charge is 0.495 e. The maximum Gasteiger partial charge on any atom is 0.425 e. The topological polar surface area (TPSA) is 31.2 Å². The highest BCUT2D eigenvalue weighted by molar-refractivity contribution is 7.10. The molecule has 8 heteroatoms. The molecule has 0 unspecified atom stereocenters. The number of methoxy groups -OCH3 is 1. The molecule has 0 aliphatic heterocycles. The fraction of sp³-hybridized carbons (Fsp3) is 0.188. The molecule has 126 valence electrons. The molecule has 2 aromatic heterocycles. The van der Waals surface area contributed by atoms with E-state index < -0.39 is 17.0 Å². The Hall–Kier alpha value is -1.99. The number of nitrogens with zero attached hydrogens (tertiary/aromatic N) is 1. The Balaban J connectivity index is 2.12. The third-order valence-electron chi connectivity index (χ3n) is 3.62. The summed E-state index contributed by atoms with van der Waals surface area (Å²) in [6.07, 6.45) is -4.46. The maximum absolute atomic E-state index is 12.7. The average Bonchev–Trinajstić information content (AvgIpc) is 3.11. The standard InChI is InChI=1S/C16H11ClF3NO2S/c1-8-5-10-11(3-4-12(23-2)14(10)17)21(8)15(22)9-6-13(24-7-9)16(18,19)20/h3-7H,1-2H3. The SMILES string of the molecule is COc1ccc2c(cc(C)n2C(=O)c2csc(C(F)(F)F)c2)c1Cl. The van der Waals surface area contributed by atoms with Crippen LogP contribution in [0.5, 0.6) is 5.75 Å². The summed E-state index contributed by atoms with van der Waals surface area (Å²) in [6, 6.07) is 5.84. The van der Waals surface area contributed by atoms with Gasteiger partial charge in [0.25, 0.3) is 5.91 Å². The molecule has 0 spiro atoms. The molecule has 0 fully saturated rings. The molecule has 3 aromatic rings. The van der Waals surface area contributed by atoms with Crippen LogP contribution in [0.15, 0.2) is 29.6 Å². The van der Waals surface area contributed by atoms with Crippen LogP contribution in [-0.2, 0) is 6.18 Å². The van der Waals surface area contributed by atoms with Gasteiger partial charge in [0.05, 0.1) is 23.2 Å². The minimum atomic E-state index is -4.46. The fourth-order valence-corrected chi connectivity index (χ4v) is 3.55. The number of carbonyl (C=O) groups is 1. The number of aromatic nitrogens is 1. The molecule has 0 atom stereocenters. The van der Waals surface area contributed by atoms with Gasteiger partial charge in [-0.15, -0.1) is 11.3 Å². The first-order valence-corrected chi connectivity index (χ1v) is 8.04. The van der Waals surface area contributed by atoms with Crippen molar-refractivity contribution in [2.75, 3.05) is 7.11 Å². The molecule has 0 N–H and O–H groups in total. The Labute approximate surface area is 144 Å². The highest BCUT2D eigenvalue weighted by Crippen LogP contribution is 2.37. The zero-order valence-electron chi connectivity index (χ0n) is 12.6. The number of hydrogen-bond acceptors (Lipinski definition) is 3. The van der Waals surface area contributed by atoms with Crippen molar-refractivity contribution in [3.8, 4) is 5.75 Å². The van der Waals surface area contributed by atoms with E-state index >= 15 is 0 Å². The van der Waals surface area contributed by atoms with Gasteiger partial charge in [0.15, 0.2) is 0 Å². The lowest BCUT2D eigenvalue weighted by Gasteiger charge is -2.07. The molecule has 3 nitrogen and oxygen atoms in total. The number of aryl methyl sites for hydroxylation is 1. The van der Waals surface area contributed by atoms with Crippen LogP contribution in [0.3, 0.4) is 0 Å². The van der Waals surface area contributed by atoms with Gasteiger partial charge in [0.1, 0.15) is 10.6 Å². The van der Waals surface area contributed by atoms with Gasteiger partial charge in [-0.05, 0) is 31.2 Å². The number of halogens is 4. The number of alkyl halides is 3. The number of benzene rings is 1. The van der Waals surface area contributed by atoms with Gasteiger partial charge in [-0.2, -0.15) is 13.2 Å². The van der Waals surface area contributed by atoms with Crippen molar-refractivity contribution in [3.63, 3.8) is 0 Å². The second kappa shape index (κ2) is 5.82. The molecule has 24 heavy (non-hydrogen) atoms. The monoisotopic (exact) mass is 373 g/mol. The van der Waals surface area contributed by atoms with Gasteiger partial charge in [-0.25, -0.2) is 0 Å². The highest BCUT2D eigenvalue weighted by atomic mass is 35.5. The van der Waals surface area contributed by atoms with E-state index in [1.54, 1.807) is 25.1 Å². The Bertz CT molecular complexity index is 943. The van der Waals surface area contributed by atoms with Crippen LogP contribution in [0, 0.1) is 6.92 Å². The number of carbonyl (C=O) groups excluding carboxylic acids is 1. The molecular formula is C16H11ClF3NO2S. The Morgan fingerprint density at radius 3 is 2.58 bits per heavy atom. The molecule has 0 aliphatic rings. The quantitative estimate of drug-likeness (QED) is 0.603. The van der Waals surface area contributed by atoms with E-state index in [0.29, 0.717) is 38.7 Å². The first kappa shape index (κ1) is 16.9. The second-order valence-electron chi connectivity index (χ2n) is 5.14. The molecule has 0 aliphatic carbocycles. The molecule has 3 rings (SSSR count). The van der Waals surface area contributed by atoms with Gasteiger partial charge in [0.2, 0.25) is 0 Å². The summed E-state index contributed by atoms with van der Waals surface area (Å²) < 4.78 is 44.7. The van der Waals surface area contributed by atoms with Crippen LogP contribution in [-0.4, -0.2) is 17.6 Å².